The van der Waals surface area contributed by atoms with E-state index < -0.39 is 0 Å². The van der Waals surface area contributed by atoms with Crippen LogP contribution < -0.4 is 9.47 Å². The predicted octanol–water partition coefficient (Wildman–Crippen LogP) is 5.92. The van der Waals surface area contributed by atoms with Gasteiger partial charge in [0, 0.05) is 0 Å². The Morgan fingerprint density at radius 3 is 1.25 bits per heavy atom. The Morgan fingerprint density at radius 1 is 0.500 bits per heavy atom. The molecule has 8 bridgehead atoms. The van der Waals surface area contributed by atoms with E-state index in [1.165, 1.54) is 45.2 Å². The molecule has 0 saturated heterocycles. The van der Waals surface area contributed by atoms with Crippen LogP contribution in [0, 0.1) is 0 Å². The summed E-state index contributed by atoms with van der Waals surface area (Å²) in [6.45, 7) is 1.58. The van der Waals surface area contributed by atoms with Crippen molar-refractivity contribution in [2.75, 3.05) is 13.2 Å². The first-order chi connectivity index (χ1) is 11.9. The van der Waals surface area contributed by atoms with Gasteiger partial charge in [-0.05, 0) is 82.3 Å². The minimum Gasteiger partial charge on any atom is -0.494 e. The summed E-state index contributed by atoms with van der Waals surface area (Å²) in [5, 5.41) is 7.66. The highest BCUT2D eigenvalue weighted by Crippen LogP contribution is 2.38. The second-order valence-corrected chi connectivity index (χ2v) is 6.73. The summed E-state index contributed by atoms with van der Waals surface area (Å²) < 4.78 is 12.0. The molecule has 0 aliphatic carbocycles. The van der Waals surface area contributed by atoms with Gasteiger partial charge in [0.1, 0.15) is 11.5 Å². The Balaban J connectivity index is 1.80. The van der Waals surface area contributed by atoms with Gasteiger partial charge in [0.15, 0.2) is 0 Å². The van der Waals surface area contributed by atoms with Crippen LogP contribution in [0.2, 0.25) is 0 Å². The fourth-order valence-corrected chi connectivity index (χ4v) is 3.89. The van der Waals surface area contributed by atoms with E-state index in [1.807, 2.05) is 0 Å². The van der Waals surface area contributed by atoms with Gasteiger partial charge >= 0.3 is 0 Å². The van der Waals surface area contributed by atoms with E-state index in [0.717, 1.165) is 37.6 Å². The summed E-state index contributed by atoms with van der Waals surface area (Å²) in [7, 11) is 0. The Kier molecular flexibility index (Phi) is 3.22. The number of fused-ring (bicyclic) bond motifs is 2. The second-order valence-electron chi connectivity index (χ2n) is 6.73. The van der Waals surface area contributed by atoms with Crippen LogP contribution in [0.1, 0.15) is 25.7 Å². The van der Waals surface area contributed by atoms with Gasteiger partial charge in [0.2, 0.25) is 0 Å². The number of benzene rings is 4. The van der Waals surface area contributed by atoms with Crippen molar-refractivity contribution in [2.45, 2.75) is 25.7 Å². The van der Waals surface area contributed by atoms with Gasteiger partial charge < -0.3 is 9.47 Å². The highest BCUT2D eigenvalue weighted by atomic mass is 16.5. The molecule has 7 rings (SSSR count). The molecular formula is C22H20O2. The highest BCUT2D eigenvalue weighted by molar-refractivity contribution is 6.23. The average molecular weight is 316 g/mol. The van der Waals surface area contributed by atoms with Crippen molar-refractivity contribution in [1.29, 1.82) is 0 Å². The molecule has 3 heterocycles. The highest BCUT2D eigenvalue weighted by Gasteiger charge is 2.11. The fraction of sp³-hybridized carbons (Fsp3) is 0.273. The summed E-state index contributed by atoms with van der Waals surface area (Å²) in [6, 6.07) is 17.5. The molecule has 0 radical (unpaired) electrons. The van der Waals surface area contributed by atoms with Crippen molar-refractivity contribution in [1.82, 2.24) is 0 Å². The molecule has 0 aromatic heterocycles. The molecular weight excluding hydrogens is 296 g/mol. The third-order valence-electron chi connectivity index (χ3n) is 5.06. The molecule has 4 aromatic carbocycles. The normalized spacial score (nSPS) is 16.0. The topological polar surface area (TPSA) is 18.5 Å². The molecule has 0 amide bonds. The predicted molar refractivity (Wildman–Crippen MR) is 99.6 cm³/mol. The van der Waals surface area contributed by atoms with Crippen molar-refractivity contribution in [3.05, 3.63) is 48.5 Å². The van der Waals surface area contributed by atoms with Crippen LogP contribution in [-0.4, -0.2) is 13.2 Å². The minimum absolute atomic E-state index is 0.788. The van der Waals surface area contributed by atoms with E-state index in [2.05, 4.69) is 48.5 Å². The van der Waals surface area contributed by atoms with Gasteiger partial charge in [-0.2, -0.15) is 0 Å². The van der Waals surface area contributed by atoms with Crippen LogP contribution in [0.5, 0.6) is 11.5 Å². The van der Waals surface area contributed by atoms with Gasteiger partial charge in [0.25, 0.3) is 0 Å². The zero-order valence-corrected chi connectivity index (χ0v) is 13.7. The standard InChI is InChI=1S/C22H20O2/c1-2-4-10-24-20-13-17-7-5-15-11-19(23-9-3-1)12-16-6-8-18(14-20)22(17)21(15)16/h5-8,11-14H,1-4,9-10H2. The smallest absolute Gasteiger partial charge is 0.120 e. The Hall–Kier alpha value is -2.48. The first-order valence-corrected chi connectivity index (χ1v) is 8.87. The molecule has 0 spiro atoms. The molecule has 24 heavy (non-hydrogen) atoms. The van der Waals surface area contributed by atoms with E-state index in [-0.39, 0.29) is 0 Å². The van der Waals surface area contributed by atoms with E-state index in [1.54, 1.807) is 0 Å². The number of rotatable bonds is 0. The van der Waals surface area contributed by atoms with Gasteiger partial charge in [-0.25, -0.2) is 0 Å². The molecule has 3 aliphatic heterocycles. The molecule has 0 fully saturated rings. The Bertz CT molecular complexity index is 869. The Morgan fingerprint density at radius 2 is 0.875 bits per heavy atom. The molecule has 120 valence electrons. The largest absolute Gasteiger partial charge is 0.494 e. The fourth-order valence-electron chi connectivity index (χ4n) is 3.89. The van der Waals surface area contributed by atoms with Gasteiger partial charge in [-0.1, -0.05) is 24.3 Å². The first kappa shape index (κ1) is 13.9. The lowest BCUT2D eigenvalue weighted by atomic mass is 9.94. The first-order valence-electron chi connectivity index (χ1n) is 8.87. The lowest BCUT2D eigenvalue weighted by Crippen LogP contribution is -2.01. The zero-order chi connectivity index (χ0) is 15.9. The van der Waals surface area contributed by atoms with Gasteiger partial charge in [-0.3, -0.25) is 0 Å². The summed E-state index contributed by atoms with van der Waals surface area (Å²) in [6.07, 6.45) is 4.58. The average Bonchev–Trinajstić information content (AvgIpc) is 2.60. The molecule has 3 aliphatic rings. The molecule has 0 saturated carbocycles. The summed E-state index contributed by atoms with van der Waals surface area (Å²) in [5.41, 5.74) is 0. The number of ether oxygens (including phenoxy) is 2. The molecule has 0 atom stereocenters. The van der Waals surface area contributed by atoms with Crippen molar-refractivity contribution in [3.8, 4) is 11.5 Å². The zero-order valence-electron chi connectivity index (χ0n) is 13.7. The van der Waals surface area contributed by atoms with Crippen LogP contribution in [0.25, 0.3) is 32.3 Å². The van der Waals surface area contributed by atoms with Gasteiger partial charge in [0.05, 0.1) is 13.2 Å². The lowest BCUT2D eigenvalue weighted by molar-refractivity contribution is 0.288. The molecule has 2 nitrogen and oxygen atoms in total. The Labute approximate surface area is 141 Å². The van der Waals surface area contributed by atoms with E-state index in [9.17, 15) is 0 Å². The van der Waals surface area contributed by atoms with Crippen molar-refractivity contribution >= 4 is 32.3 Å². The van der Waals surface area contributed by atoms with Crippen LogP contribution in [-0.2, 0) is 0 Å². The van der Waals surface area contributed by atoms with Crippen LogP contribution in [0.15, 0.2) is 48.5 Å². The summed E-state index contributed by atoms with van der Waals surface area (Å²) >= 11 is 0. The number of hydrogen-bond donors (Lipinski definition) is 0. The van der Waals surface area contributed by atoms with Crippen LogP contribution in [0.3, 0.4) is 0 Å². The molecule has 2 heteroatoms. The second kappa shape index (κ2) is 5.55. The van der Waals surface area contributed by atoms with Crippen molar-refractivity contribution in [3.63, 3.8) is 0 Å². The molecule has 4 aromatic rings. The third kappa shape index (κ3) is 2.25. The van der Waals surface area contributed by atoms with E-state index >= 15 is 0 Å². The van der Waals surface area contributed by atoms with Crippen molar-refractivity contribution in [2.24, 2.45) is 0 Å². The van der Waals surface area contributed by atoms with Crippen LogP contribution >= 0.6 is 0 Å². The van der Waals surface area contributed by atoms with E-state index in [4.69, 9.17) is 9.47 Å². The molecule has 0 unspecified atom stereocenters. The SMILES string of the molecule is c1cc2cc3cc4ccc5cc(cc1c5c24)OCCCCCCO3. The molecule has 0 N–H and O–H groups in total. The van der Waals surface area contributed by atoms with Crippen LogP contribution in [0.4, 0.5) is 0 Å². The third-order valence-corrected chi connectivity index (χ3v) is 5.06. The maximum Gasteiger partial charge on any atom is 0.120 e. The maximum atomic E-state index is 6.02. The minimum atomic E-state index is 0.788. The maximum absolute atomic E-state index is 6.02. The van der Waals surface area contributed by atoms with E-state index in [0.29, 0.717) is 0 Å². The van der Waals surface area contributed by atoms with Gasteiger partial charge in [-0.15, -0.1) is 0 Å². The summed E-state index contributed by atoms with van der Waals surface area (Å²) in [5.74, 6) is 1.97. The summed E-state index contributed by atoms with van der Waals surface area (Å²) in [4.78, 5) is 0. The quantitative estimate of drug-likeness (QED) is 0.375. The number of hydrogen-bond acceptors (Lipinski definition) is 2. The lowest BCUT2D eigenvalue weighted by Gasteiger charge is -2.15. The van der Waals surface area contributed by atoms with Crippen molar-refractivity contribution < 1.29 is 9.47 Å². The monoisotopic (exact) mass is 316 g/mol.